The molecule has 0 unspecified atom stereocenters. The molecule has 0 bridgehead atoms. The summed E-state index contributed by atoms with van der Waals surface area (Å²) in [6, 6.07) is 1.88. The molecule has 3 nitrogen and oxygen atoms in total. The second-order valence-electron chi connectivity index (χ2n) is 5.99. The number of halogens is 1. The smallest absolute Gasteiger partial charge is 0.147 e. The lowest BCUT2D eigenvalue weighted by Crippen LogP contribution is -2.32. The fourth-order valence-electron chi connectivity index (χ4n) is 2.39. The third-order valence-electron chi connectivity index (χ3n) is 3.64. The van der Waals surface area contributed by atoms with Crippen LogP contribution in [0, 0.1) is 5.41 Å². The maximum absolute atomic E-state index is 6.36. The van der Waals surface area contributed by atoms with Crippen molar-refractivity contribution in [2.24, 2.45) is 11.1 Å². The first-order valence-corrected chi connectivity index (χ1v) is 7.09. The van der Waals surface area contributed by atoms with Gasteiger partial charge in [-0.2, -0.15) is 0 Å². The topological polar surface area (TPSA) is 42.2 Å². The van der Waals surface area contributed by atoms with Gasteiger partial charge in [-0.05, 0) is 23.5 Å². The van der Waals surface area contributed by atoms with E-state index in [1.54, 1.807) is 6.20 Å². The Morgan fingerprint density at radius 3 is 2.68 bits per heavy atom. The molecule has 0 fully saturated rings. The third kappa shape index (κ3) is 3.10. The first kappa shape index (κ1) is 14.4. The summed E-state index contributed by atoms with van der Waals surface area (Å²) < 4.78 is 0. The molecular formula is C15H22ClN3. The predicted molar refractivity (Wildman–Crippen MR) is 81.5 cm³/mol. The Labute approximate surface area is 120 Å². The van der Waals surface area contributed by atoms with Gasteiger partial charge in [0.1, 0.15) is 5.82 Å². The monoisotopic (exact) mass is 279 g/mol. The van der Waals surface area contributed by atoms with Gasteiger partial charge in [-0.1, -0.05) is 44.0 Å². The van der Waals surface area contributed by atoms with Gasteiger partial charge in [-0.15, -0.1) is 0 Å². The quantitative estimate of drug-likeness (QED) is 0.844. The Morgan fingerprint density at radius 2 is 2.16 bits per heavy atom. The van der Waals surface area contributed by atoms with Crippen LogP contribution in [-0.4, -0.2) is 18.1 Å². The average molecular weight is 280 g/mol. The van der Waals surface area contributed by atoms with E-state index in [1.807, 2.05) is 6.07 Å². The minimum absolute atomic E-state index is 0.252. The molecule has 19 heavy (non-hydrogen) atoms. The first-order chi connectivity index (χ1) is 8.93. The Bertz CT molecular complexity index is 489. The standard InChI is InChI=1S/C15H22ClN3/c1-15(2,3)12-5-8-19(9-6-12)14-13(16)11(10-17)4-7-18-14/h4-5,7H,6,8-10,17H2,1-3H3. The van der Waals surface area contributed by atoms with Gasteiger partial charge >= 0.3 is 0 Å². The SMILES string of the molecule is CC(C)(C)C1=CCN(c2nccc(CN)c2Cl)CC1. The van der Waals surface area contributed by atoms with Crippen molar-refractivity contribution in [2.75, 3.05) is 18.0 Å². The van der Waals surface area contributed by atoms with Crippen LogP contribution in [0.25, 0.3) is 0 Å². The highest BCUT2D eigenvalue weighted by molar-refractivity contribution is 6.33. The summed E-state index contributed by atoms with van der Waals surface area (Å²) in [6.45, 7) is 9.06. The number of rotatable bonds is 2. The number of anilines is 1. The Hall–Kier alpha value is -1.06. The number of nitrogens with two attached hydrogens (primary N) is 1. The molecule has 0 aromatic carbocycles. The van der Waals surface area contributed by atoms with Gasteiger partial charge in [-0.3, -0.25) is 0 Å². The van der Waals surface area contributed by atoms with Crippen LogP contribution < -0.4 is 10.6 Å². The van der Waals surface area contributed by atoms with E-state index in [1.165, 1.54) is 5.57 Å². The lowest BCUT2D eigenvalue weighted by atomic mass is 9.83. The van der Waals surface area contributed by atoms with Crippen molar-refractivity contribution < 1.29 is 0 Å². The van der Waals surface area contributed by atoms with E-state index in [-0.39, 0.29) is 5.41 Å². The zero-order valence-corrected chi connectivity index (χ0v) is 12.7. The van der Waals surface area contributed by atoms with Crippen LogP contribution in [0.15, 0.2) is 23.9 Å². The van der Waals surface area contributed by atoms with Gasteiger partial charge in [0.25, 0.3) is 0 Å². The molecule has 1 aliphatic heterocycles. The van der Waals surface area contributed by atoms with Crippen LogP contribution in [0.1, 0.15) is 32.8 Å². The summed E-state index contributed by atoms with van der Waals surface area (Å²) in [7, 11) is 0. The third-order valence-corrected chi connectivity index (χ3v) is 4.05. The van der Waals surface area contributed by atoms with Crippen LogP contribution in [0.3, 0.4) is 0 Å². The summed E-state index contributed by atoms with van der Waals surface area (Å²) in [6.07, 6.45) is 5.15. The molecule has 2 heterocycles. The molecule has 0 saturated carbocycles. The van der Waals surface area contributed by atoms with E-state index >= 15 is 0 Å². The molecule has 2 rings (SSSR count). The molecule has 0 aliphatic carbocycles. The number of pyridine rings is 1. The van der Waals surface area contributed by atoms with Crippen molar-refractivity contribution in [3.05, 3.63) is 34.5 Å². The van der Waals surface area contributed by atoms with Crippen molar-refractivity contribution >= 4 is 17.4 Å². The minimum Gasteiger partial charge on any atom is -0.351 e. The van der Waals surface area contributed by atoms with Gasteiger partial charge in [0.15, 0.2) is 0 Å². The number of hydrogen-bond donors (Lipinski definition) is 1. The molecular weight excluding hydrogens is 258 g/mol. The minimum atomic E-state index is 0.252. The predicted octanol–water partition coefficient (Wildman–Crippen LogP) is 3.38. The van der Waals surface area contributed by atoms with Crippen LogP contribution in [0.4, 0.5) is 5.82 Å². The molecule has 0 atom stereocenters. The molecule has 2 N–H and O–H groups in total. The first-order valence-electron chi connectivity index (χ1n) is 6.71. The zero-order chi connectivity index (χ0) is 14.0. The van der Waals surface area contributed by atoms with Crippen molar-refractivity contribution in [3.8, 4) is 0 Å². The van der Waals surface area contributed by atoms with Crippen molar-refractivity contribution in [1.29, 1.82) is 0 Å². The Balaban J connectivity index is 2.21. The number of aromatic nitrogens is 1. The molecule has 4 heteroatoms. The van der Waals surface area contributed by atoms with Crippen LogP contribution in [0.5, 0.6) is 0 Å². The molecule has 0 spiro atoms. The highest BCUT2D eigenvalue weighted by Gasteiger charge is 2.23. The normalized spacial score (nSPS) is 16.5. The van der Waals surface area contributed by atoms with E-state index < -0.39 is 0 Å². The van der Waals surface area contributed by atoms with E-state index in [9.17, 15) is 0 Å². The highest BCUT2D eigenvalue weighted by atomic mass is 35.5. The molecule has 0 radical (unpaired) electrons. The number of nitrogens with zero attached hydrogens (tertiary/aromatic N) is 2. The van der Waals surface area contributed by atoms with Gasteiger partial charge in [0, 0.05) is 25.8 Å². The second-order valence-corrected chi connectivity index (χ2v) is 6.37. The molecule has 0 saturated heterocycles. The summed E-state index contributed by atoms with van der Waals surface area (Å²) in [5.74, 6) is 0.855. The molecule has 1 aliphatic rings. The van der Waals surface area contributed by atoms with Crippen LogP contribution in [-0.2, 0) is 6.54 Å². The van der Waals surface area contributed by atoms with Crippen LogP contribution >= 0.6 is 11.6 Å². The molecule has 1 aromatic rings. The Kier molecular flexibility index (Phi) is 4.16. The lowest BCUT2D eigenvalue weighted by molar-refractivity contribution is 0.472. The highest BCUT2D eigenvalue weighted by Crippen LogP contribution is 2.33. The van der Waals surface area contributed by atoms with E-state index in [0.717, 1.165) is 30.9 Å². The van der Waals surface area contributed by atoms with E-state index in [2.05, 4.69) is 36.7 Å². The summed E-state index contributed by atoms with van der Waals surface area (Å²) in [4.78, 5) is 6.63. The van der Waals surface area contributed by atoms with Gasteiger partial charge < -0.3 is 10.6 Å². The summed E-state index contributed by atoms with van der Waals surface area (Å²) >= 11 is 6.36. The van der Waals surface area contributed by atoms with Crippen molar-refractivity contribution in [2.45, 2.75) is 33.7 Å². The summed E-state index contributed by atoms with van der Waals surface area (Å²) in [5.41, 5.74) is 8.40. The maximum atomic E-state index is 6.36. The average Bonchev–Trinajstić information content (AvgIpc) is 2.38. The fourth-order valence-corrected chi connectivity index (χ4v) is 2.70. The van der Waals surface area contributed by atoms with Crippen LogP contribution in [0.2, 0.25) is 5.02 Å². The van der Waals surface area contributed by atoms with Gasteiger partial charge in [-0.25, -0.2) is 4.98 Å². The molecule has 0 amide bonds. The molecule has 1 aromatic heterocycles. The number of hydrogen-bond acceptors (Lipinski definition) is 3. The zero-order valence-electron chi connectivity index (χ0n) is 11.9. The Morgan fingerprint density at radius 1 is 1.42 bits per heavy atom. The van der Waals surface area contributed by atoms with E-state index in [0.29, 0.717) is 11.6 Å². The molecule has 104 valence electrons. The van der Waals surface area contributed by atoms with Crippen molar-refractivity contribution in [1.82, 2.24) is 4.98 Å². The fraction of sp³-hybridized carbons (Fsp3) is 0.533. The lowest BCUT2D eigenvalue weighted by Gasteiger charge is -2.33. The van der Waals surface area contributed by atoms with Gasteiger partial charge in [0.05, 0.1) is 5.02 Å². The summed E-state index contributed by atoms with van der Waals surface area (Å²) in [5, 5.41) is 0.692. The largest absolute Gasteiger partial charge is 0.351 e. The maximum Gasteiger partial charge on any atom is 0.147 e. The van der Waals surface area contributed by atoms with E-state index in [4.69, 9.17) is 17.3 Å². The second kappa shape index (κ2) is 5.51. The van der Waals surface area contributed by atoms with Gasteiger partial charge in [0.2, 0.25) is 0 Å². The van der Waals surface area contributed by atoms with Crippen molar-refractivity contribution in [3.63, 3.8) is 0 Å².